The molecule has 0 aliphatic carbocycles. The summed E-state index contributed by atoms with van der Waals surface area (Å²) >= 11 is 1.60. The third kappa shape index (κ3) is 4.31. The van der Waals surface area contributed by atoms with Gasteiger partial charge in [0.1, 0.15) is 29.9 Å². The van der Waals surface area contributed by atoms with Crippen LogP contribution in [0.5, 0.6) is 0 Å². The number of rotatable bonds is 5. The van der Waals surface area contributed by atoms with Gasteiger partial charge < -0.3 is 15.0 Å². The van der Waals surface area contributed by atoms with E-state index in [1.54, 1.807) is 11.3 Å². The monoisotopic (exact) mass is 425 g/mol. The third-order valence-corrected chi connectivity index (χ3v) is 6.87. The summed E-state index contributed by atoms with van der Waals surface area (Å²) in [4.78, 5) is 15.4. The first kappa shape index (κ1) is 20.7. The molecule has 2 N–H and O–H groups in total. The van der Waals surface area contributed by atoms with Crippen molar-refractivity contribution in [1.82, 2.24) is 0 Å². The molecule has 1 aromatic heterocycles. The van der Waals surface area contributed by atoms with Crippen molar-refractivity contribution in [2.24, 2.45) is 0 Å². The summed E-state index contributed by atoms with van der Waals surface area (Å²) in [6.45, 7) is 7.31. The number of carbonyl (C=O) groups excluding carboxylic acids is 1. The average molecular weight is 426 g/mol. The van der Waals surface area contributed by atoms with E-state index in [0.29, 0.717) is 18.8 Å². The van der Waals surface area contributed by atoms with Gasteiger partial charge in [-0.15, -0.1) is 11.3 Å². The smallest absolute Gasteiger partial charge is 0.256 e. The number of morpholine rings is 1. The van der Waals surface area contributed by atoms with Crippen molar-refractivity contribution in [3.05, 3.63) is 87.5 Å². The van der Waals surface area contributed by atoms with Crippen LogP contribution in [0.25, 0.3) is 0 Å². The van der Waals surface area contributed by atoms with Gasteiger partial charge in [-0.2, -0.15) is 0 Å². The van der Waals surface area contributed by atoms with Crippen molar-refractivity contribution < 1.29 is 18.8 Å². The molecule has 4 rings (SSSR count). The second kappa shape index (κ2) is 9.08. The molecule has 30 heavy (non-hydrogen) atoms. The molecule has 4 nitrogen and oxygen atoms in total. The minimum Gasteiger partial charge on any atom is -0.370 e. The fourth-order valence-electron chi connectivity index (χ4n) is 4.03. The van der Waals surface area contributed by atoms with E-state index < -0.39 is 0 Å². The first-order chi connectivity index (χ1) is 14.5. The van der Waals surface area contributed by atoms with Gasteiger partial charge in [0.25, 0.3) is 5.91 Å². The quantitative estimate of drug-likeness (QED) is 0.654. The molecule has 2 aromatic carbocycles. The van der Waals surface area contributed by atoms with Gasteiger partial charge in [0.2, 0.25) is 0 Å². The summed E-state index contributed by atoms with van der Waals surface area (Å²) in [5.74, 6) is -0.363. The zero-order valence-electron chi connectivity index (χ0n) is 17.2. The maximum absolute atomic E-state index is 13.6. The maximum atomic E-state index is 13.6. The Morgan fingerprint density at radius 3 is 2.40 bits per heavy atom. The number of thiophene rings is 1. The predicted octanol–water partition coefficient (Wildman–Crippen LogP) is 3.76. The highest BCUT2D eigenvalue weighted by molar-refractivity contribution is 7.16. The second-order valence-electron chi connectivity index (χ2n) is 7.60. The Morgan fingerprint density at radius 2 is 1.73 bits per heavy atom. The molecule has 156 valence electrons. The van der Waals surface area contributed by atoms with E-state index in [4.69, 9.17) is 4.74 Å². The van der Waals surface area contributed by atoms with Crippen molar-refractivity contribution >= 4 is 22.2 Å². The van der Waals surface area contributed by atoms with Crippen molar-refractivity contribution in [3.63, 3.8) is 0 Å². The molecule has 0 bridgehead atoms. The number of benzene rings is 2. The van der Waals surface area contributed by atoms with Crippen LogP contribution in [0, 0.1) is 19.7 Å². The SMILES string of the molecule is Cc1sc(NC(=O)c2ccccc2)c([C@@H](c2ccc(F)cc2)[NH+]2CCOCC2)c1C. The zero-order chi connectivity index (χ0) is 21.1. The fourth-order valence-corrected chi connectivity index (χ4v) is 5.13. The highest BCUT2D eigenvalue weighted by Crippen LogP contribution is 2.38. The van der Waals surface area contributed by atoms with Crippen LogP contribution in [0.2, 0.25) is 0 Å². The highest BCUT2D eigenvalue weighted by Gasteiger charge is 2.33. The minimum atomic E-state index is -0.245. The van der Waals surface area contributed by atoms with Crippen LogP contribution >= 0.6 is 11.3 Å². The number of amides is 1. The van der Waals surface area contributed by atoms with Gasteiger partial charge in [0.15, 0.2) is 0 Å². The van der Waals surface area contributed by atoms with Crippen molar-refractivity contribution in [1.29, 1.82) is 0 Å². The largest absolute Gasteiger partial charge is 0.370 e. The normalized spacial score (nSPS) is 15.7. The summed E-state index contributed by atoms with van der Waals surface area (Å²) in [5.41, 5.74) is 3.97. The number of aryl methyl sites for hydroxylation is 1. The van der Waals surface area contributed by atoms with E-state index in [1.807, 2.05) is 42.5 Å². The number of halogens is 1. The Hall–Kier alpha value is -2.54. The Labute approximate surface area is 180 Å². The van der Waals surface area contributed by atoms with E-state index in [0.717, 1.165) is 29.2 Å². The van der Waals surface area contributed by atoms with Gasteiger partial charge >= 0.3 is 0 Å². The van der Waals surface area contributed by atoms with E-state index in [-0.39, 0.29) is 17.8 Å². The molecule has 0 radical (unpaired) electrons. The summed E-state index contributed by atoms with van der Waals surface area (Å²) in [7, 11) is 0. The van der Waals surface area contributed by atoms with E-state index in [1.165, 1.54) is 27.5 Å². The molecular weight excluding hydrogens is 399 g/mol. The first-order valence-electron chi connectivity index (χ1n) is 10.2. The van der Waals surface area contributed by atoms with Gasteiger partial charge in [0.05, 0.1) is 18.8 Å². The standard InChI is InChI=1S/C24H25FN2O2S/c1-16-17(2)30-24(26-23(28)19-6-4-3-5-7-19)21(16)22(27-12-14-29-15-13-27)18-8-10-20(25)11-9-18/h3-11,22H,12-15H2,1-2H3,(H,26,28)/p+1/t22-/m1/s1. The Kier molecular flexibility index (Phi) is 6.27. The Balaban J connectivity index is 1.76. The summed E-state index contributed by atoms with van der Waals surface area (Å²) in [6, 6.07) is 16.0. The van der Waals surface area contributed by atoms with Gasteiger partial charge in [-0.25, -0.2) is 4.39 Å². The lowest BCUT2D eigenvalue weighted by molar-refractivity contribution is -0.933. The van der Waals surface area contributed by atoms with E-state index in [2.05, 4.69) is 19.2 Å². The van der Waals surface area contributed by atoms with Crippen LogP contribution in [-0.2, 0) is 4.74 Å². The molecule has 1 aliphatic rings. The Morgan fingerprint density at radius 1 is 1.07 bits per heavy atom. The zero-order valence-corrected chi connectivity index (χ0v) is 18.0. The van der Waals surface area contributed by atoms with Crippen molar-refractivity contribution in [2.75, 3.05) is 31.6 Å². The molecular formula is C24H26FN2O2S+. The van der Waals surface area contributed by atoms with E-state index in [9.17, 15) is 9.18 Å². The molecule has 0 spiro atoms. The van der Waals surface area contributed by atoms with Crippen molar-refractivity contribution in [3.8, 4) is 0 Å². The lowest BCUT2D eigenvalue weighted by atomic mass is 9.94. The third-order valence-electron chi connectivity index (χ3n) is 5.73. The van der Waals surface area contributed by atoms with Gasteiger partial charge in [0, 0.05) is 16.0 Å². The number of carbonyl (C=O) groups is 1. The lowest BCUT2D eigenvalue weighted by Gasteiger charge is -2.32. The second-order valence-corrected chi connectivity index (χ2v) is 8.83. The van der Waals surface area contributed by atoms with Crippen LogP contribution in [0.1, 0.15) is 38.0 Å². The number of nitrogens with one attached hydrogen (secondary N) is 2. The Bertz CT molecular complexity index is 1010. The molecule has 1 amide bonds. The predicted molar refractivity (Wildman–Crippen MR) is 118 cm³/mol. The maximum Gasteiger partial charge on any atom is 0.256 e. The number of ether oxygens (including phenoxy) is 1. The number of quaternary nitrogens is 1. The lowest BCUT2D eigenvalue weighted by Crippen LogP contribution is -3.14. The summed E-state index contributed by atoms with van der Waals surface area (Å²) < 4.78 is 19.2. The molecule has 6 heteroatoms. The number of hydrogen-bond donors (Lipinski definition) is 2. The molecule has 0 unspecified atom stereocenters. The van der Waals surface area contributed by atoms with Crippen LogP contribution < -0.4 is 10.2 Å². The van der Waals surface area contributed by atoms with Crippen LogP contribution in [-0.4, -0.2) is 32.2 Å². The minimum absolute atomic E-state index is 0.00511. The molecule has 0 saturated carbocycles. The van der Waals surface area contributed by atoms with Crippen LogP contribution in [0.15, 0.2) is 54.6 Å². The molecule has 1 saturated heterocycles. The summed E-state index contributed by atoms with van der Waals surface area (Å²) in [6.07, 6.45) is 0. The number of anilines is 1. The van der Waals surface area contributed by atoms with Crippen molar-refractivity contribution in [2.45, 2.75) is 19.9 Å². The molecule has 2 heterocycles. The molecule has 1 aliphatic heterocycles. The van der Waals surface area contributed by atoms with Crippen LogP contribution in [0.3, 0.4) is 0 Å². The topological polar surface area (TPSA) is 42.8 Å². The van der Waals surface area contributed by atoms with E-state index >= 15 is 0 Å². The van der Waals surface area contributed by atoms with Gasteiger partial charge in [-0.3, -0.25) is 4.79 Å². The average Bonchev–Trinajstić information content (AvgIpc) is 3.04. The van der Waals surface area contributed by atoms with Gasteiger partial charge in [-0.1, -0.05) is 18.2 Å². The fraction of sp³-hybridized carbons (Fsp3) is 0.292. The molecule has 1 atom stereocenters. The molecule has 1 fully saturated rings. The summed E-state index contributed by atoms with van der Waals surface area (Å²) in [5, 5.41) is 4.02. The highest BCUT2D eigenvalue weighted by atomic mass is 32.1. The van der Waals surface area contributed by atoms with Crippen LogP contribution in [0.4, 0.5) is 9.39 Å². The number of hydrogen-bond acceptors (Lipinski definition) is 3. The first-order valence-corrected chi connectivity index (χ1v) is 11.0. The van der Waals surface area contributed by atoms with Gasteiger partial charge in [-0.05, 0) is 55.8 Å². The molecule has 3 aromatic rings.